The smallest absolute Gasteiger partial charge is 0.392 e. The van der Waals surface area contributed by atoms with Crippen molar-refractivity contribution in [2.75, 3.05) is 0 Å². The van der Waals surface area contributed by atoms with Crippen LogP contribution in [0.1, 0.15) is 16.7 Å². The van der Waals surface area contributed by atoms with Gasteiger partial charge in [-0.05, 0) is 35.7 Å². The summed E-state index contributed by atoms with van der Waals surface area (Å²) < 4.78 is 59.4. The molecule has 8 heteroatoms. The average molecular weight is 406 g/mol. The molecule has 2 aromatic carbocycles. The summed E-state index contributed by atoms with van der Waals surface area (Å²) in [5.74, 6) is -0.739. The Kier molecular flexibility index (Phi) is 5.63. The summed E-state index contributed by atoms with van der Waals surface area (Å²) in [6.07, 6.45) is -3.87. The molecule has 0 fully saturated rings. The summed E-state index contributed by atoms with van der Waals surface area (Å²) in [7, 11) is 1.70. The normalized spacial score (nSPS) is 11.4. The predicted octanol–water partition coefficient (Wildman–Crippen LogP) is 5.45. The maximum atomic E-state index is 13.2. The van der Waals surface area contributed by atoms with E-state index in [2.05, 4.69) is 5.32 Å². The number of hydrogen-bond donors (Lipinski definition) is 1. The molecule has 0 atom stereocenters. The van der Waals surface area contributed by atoms with Crippen molar-refractivity contribution in [3.05, 3.63) is 77.2 Å². The van der Waals surface area contributed by atoms with E-state index < -0.39 is 30.2 Å². The van der Waals surface area contributed by atoms with Crippen molar-refractivity contribution in [2.45, 2.75) is 19.6 Å². The Bertz CT molecular complexity index is 1030. The average Bonchev–Trinajstić information content (AvgIpc) is 2.93. The summed E-state index contributed by atoms with van der Waals surface area (Å²) >= 11 is 0. The molecule has 0 aliphatic carbocycles. The van der Waals surface area contributed by atoms with E-state index >= 15 is 0 Å². The highest BCUT2D eigenvalue weighted by Gasteiger charge is 2.33. The van der Waals surface area contributed by atoms with Crippen LogP contribution in [0.15, 0.2) is 54.7 Å². The van der Waals surface area contributed by atoms with Crippen LogP contribution >= 0.6 is 0 Å². The standard InChI is InChI=1S/C21H18F4N2O2/c1-13-12-27(2)19(18(13)14-6-4-3-5-7-14)29-20(28)26-11-15-8-9-16(22)10-17(15)21(23,24)25/h3-10,12H,11H2,1-2H3,(H,26,28). The van der Waals surface area contributed by atoms with Crippen LogP contribution in [0.5, 0.6) is 5.88 Å². The molecule has 0 unspecified atom stereocenters. The lowest BCUT2D eigenvalue weighted by Crippen LogP contribution is -2.28. The molecule has 0 aliphatic rings. The second kappa shape index (κ2) is 7.98. The molecule has 3 aromatic rings. The van der Waals surface area contributed by atoms with Gasteiger partial charge in [-0.1, -0.05) is 36.4 Å². The van der Waals surface area contributed by atoms with Crippen molar-refractivity contribution in [1.29, 1.82) is 0 Å². The Morgan fingerprint density at radius 1 is 1.14 bits per heavy atom. The number of alkyl halides is 3. The van der Waals surface area contributed by atoms with Crippen LogP contribution in [0.4, 0.5) is 22.4 Å². The van der Waals surface area contributed by atoms with Gasteiger partial charge in [0.05, 0.1) is 5.56 Å². The minimum atomic E-state index is -4.74. The van der Waals surface area contributed by atoms with Gasteiger partial charge in [-0.2, -0.15) is 13.2 Å². The predicted molar refractivity (Wildman–Crippen MR) is 99.9 cm³/mol. The van der Waals surface area contributed by atoms with E-state index in [4.69, 9.17) is 4.74 Å². The van der Waals surface area contributed by atoms with Gasteiger partial charge in [0, 0.05) is 25.4 Å². The first-order valence-electron chi connectivity index (χ1n) is 8.69. The van der Waals surface area contributed by atoms with E-state index in [-0.39, 0.29) is 11.4 Å². The van der Waals surface area contributed by atoms with E-state index in [0.717, 1.165) is 23.3 Å². The lowest BCUT2D eigenvalue weighted by Gasteiger charge is -2.14. The first-order chi connectivity index (χ1) is 13.7. The SMILES string of the molecule is Cc1cn(C)c(OC(=O)NCc2ccc(F)cc2C(F)(F)F)c1-c1ccccc1. The molecular weight excluding hydrogens is 388 g/mol. The van der Waals surface area contributed by atoms with E-state index in [1.54, 1.807) is 17.8 Å². The molecule has 0 radical (unpaired) electrons. The molecule has 1 heterocycles. The van der Waals surface area contributed by atoms with E-state index in [1.165, 1.54) is 0 Å². The summed E-state index contributed by atoms with van der Waals surface area (Å²) in [5.41, 5.74) is 1.02. The number of hydrogen-bond acceptors (Lipinski definition) is 2. The molecule has 0 spiro atoms. The van der Waals surface area contributed by atoms with Gasteiger partial charge < -0.3 is 14.6 Å². The first kappa shape index (κ1) is 20.4. The third-order valence-electron chi connectivity index (χ3n) is 4.37. The lowest BCUT2D eigenvalue weighted by molar-refractivity contribution is -0.138. The van der Waals surface area contributed by atoms with Gasteiger partial charge in [-0.25, -0.2) is 9.18 Å². The summed E-state index contributed by atoms with van der Waals surface area (Å²) in [6, 6.07) is 11.6. The number of nitrogens with one attached hydrogen (secondary N) is 1. The van der Waals surface area contributed by atoms with Crippen molar-refractivity contribution >= 4 is 6.09 Å². The molecule has 29 heavy (non-hydrogen) atoms. The number of carbonyl (C=O) groups is 1. The monoisotopic (exact) mass is 406 g/mol. The minimum Gasteiger partial charge on any atom is -0.392 e. The van der Waals surface area contributed by atoms with Gasteiger partial charge in [-0.3, -0.25) is 0 Å². The number of amides is 1. The van der Waals surface area contributed by atoms with Crippen molar-refractivity contribution in [3.63, 3.8) is 0 Å². The third kappa shape index (κ3) is 4.59. The largest absolute Gasteiger partial charge is 0.416 e. The van der Waals surface area contributed by atoms with Crippen LogP contribution in [-0.2, 0) is 19.8 Å². The molecule has 0 saturated carbocycles. The third-order valence-corrected chi connectivity index (χ3v) is 4.37. The summed E-state index contributed by atoms with van der Waals surface area (Å²) in [6.45, 7) is 1.40. The number of aromatic nitrogens is 1. The Hall–Kier alpha value is -3.29. The highest BCUT2D eigenvalue weighted by atomic mass is 19.4. The number of carbonyl (C=O) groups excluding carboxylic acids is 1. The van der Waals surface area contributed by atoms with Gasteiger partial charge in [-0.15, -0.1) is 0 Å². The Morgan fingerprint density at radius 3 is 2.48 bits per heavy atom. The maximum Gasteiger partial charge on any atom is 0.416 e. The van der Waals surface area contributed by atoms with Gasteiger partial charge in [0.25, 0.3) is 0 Å². The topological polar surface area (TPSA) is 43.3 Å². The highest BCUT2D eigenvalue weighted by molar-refractivity contribution is 5.78. The Morgan fingerprint density at radius 2 is 1.83 bits per heavy atom. The quantitative estimate of drug-likeness (QED) is 0.586. The van der Waals surface area contributed by atoms with E-state index in [9.17, 15) is 22.4 Å². The molecule has 0 bridgehead atoms. The zero-order chi connectivity index (χ0) is 21.2. The van der Waals surface area contributed by atoms with Crippen LogP contribution in [0.2, 0.25) is 0 Å². The fourth-order valence-corrected chi connectivity index (χ4v) is 3.10. The number of rotatable bonds is 4. The van der Waals surface area contributed by atoms with E-state index in [0.29, 0.717) is 11.6 Å². The van der Waals surface area contributed by atoms with Crippen molar-refractivity contribution in [3.8, 4) is 17.0 Å². The van der Waals surface area contributed by atoms with Crippen LogP contribution in [0.25, 0.3) is 11.1 Å². The Labute approximate surface area is 164 Å². The van der Waals surface area contributed by atoms with Gasteiger partial charge in [0.1, 0.15) is 5.82 Å². The highest BCUT2D eigenvalue weighted by Crippen LogP contribution is 2.35. The van der Waals surface area contributed by atoms with Gasteiger partial charge in [0.15, 0.2) is 0 Å². The fraction of sp³-hybridized carbons (Fsp3) is 0.190. The minimum absolute atomic E-state index is 0.262. The number of halogens is 4. The zero-order valence-corrected chi connectivity index (χ0v) is 15.7. The second-order valence-corrected chi connectivity index (χ2v) is 6.51. The molecule has 1 N–H and O–H groups in total. The molecule has 1 aromatic heterocycles. The number of benzene rings is 2. The number of nitrogens with zero attached hydrogens (tertiary/aromatic N) is 1. The first-order valence-corrected chi connectivity index (χ1v) is 8.69. The molecule has 152 valence electrons. The fourth-order valence-electron chi connectivity index (χ4n) is 3.10. The maximum absolute atomic E-state index is 13.2. The molecule has 0 aliphatic heterocycles. The number of ether oxygens (including phenoxy) is 1. The van der Waals surface area contributed by atoms with Crippen LogP contribution in [0, 0.1) is 12.7 Å². The summed E-state index contributed by atoms with van der Waals surface area (Å²) in [5, 5.41) is 2.30. The van der Waals surface area contributed by atoms with Crippen molar-refractivity contribution in [2.24, 2.45) is 7.05 Å². The number of aryl methyl sites for hydroxylation is 2. The van der Waals surface area contributed by atoms with Gasteiger partial charge >= 0.3 is 12.3 Å². The van der Waals surface area contributed by atoms with Gasteiger partial charge in [0.2, 0.25) is 5.88 Å². The molecule has 3 rings (SSSR count). The van der Waals surface area contributed by atoms with Crippen LogP contribution in [0.3, 0.4) is 0 Å². The van der Waals surface area contributed by atoms with E-state index in [1.807, 2.05) is 37.3 Å². The zero-order valence-electron chi connectivity index (χ0n) is 15.7. The van der Waals surface area contributed by atoms with Crippen LogP contribution < -0.4 is 10.1 Å². The molecule has 1 amide bonds. The summed E-state index contributed by atoms with van der Waals surface area (Å²) in [4.78, 5) is 12.3. The lowest BCUT2D eigenvalue weighted by atomic mass is 10.1. The second-order valence-electron chi connectivity index (χ2n) is 6.51. The molecule has 0 saturated heterocycles. The Balaban J connectivity index is 1.79. The van der Waals surface area contributed by atoms with Crippen molar-refractivity contribution in [1.82, 2.24) is 9.88 Å². The van der Waals surface area contributed by atoms with Crippen molar-refractivity contribution < 1.29 is 27.1 Å². The molecule has 4 nitrogen and oxygen atoms in total. The van der Waals surface area contributed by atoms with Crippen LogP contribution in [-0.4, -0.2) is 10.7 Å². The molecular formula is C21H18F4N2O2.